The summed E-state index contributed by atoms with van der Waals surface area (Å²) in [5, 5.41) is 6.58. The zero-order valence-corrected chi connectivity index (χ0v) is 12.8. The van der Waals surface area contributed by atoms with E-state index < -0.39 is 0 Å². The molecule has 0 aliphatic heterocycles. The Labute approximate surface area is 131 Å². The number of hydrogen-bond acceptors (Lipinski definition) is 5. The van der Waals surface area contributed by atoms with E-state index in [9.17, 15) is 0 Å². The maximum absolute atomic E-state index is 6.02. The number of anilines is 2. The summed E-state index contributed by atoms with van der Waals surface area (Å²) in [7, 11) is 1.62. The molecule has 3 aromatic rings. The van der Waals surface area contributed by atoms with E-state index in [-0.39, 0.29) is 0 Å². The fraction of sp³-hybridized carbons (Fsp3) is 0.0667. The molecule has 4 nitrogen and oxygen atoms in total. The fourth-order valence-corrected chi connectivity index (χ4v) is 2.74. The van der Waals surface area contributed by atoms with E-state index in [0.717, 1.165) is 22.2 Å². The molecule has 2 heterocycles. The molecule has 0 fully saturated rings. The largest absolute Gasteiger partial charge is 0.495 e. The van der Waals surface area contributed by atoms with Crippen LogP contribution >= 0.6 is 22.9 Å². The lowest BCUT2D eigenvalue weighted by Crippen LogP contribution is -1.94. The monoisotopic (exact) mass is 317 g/mol. The molecule has 0 radical (unpaired) electrons. The van der Waals surface area contributed by atoms with Crippen LogP contribution in [0.15, 0.2) is 48.0 Å². The Morgan fingerprint density at radius 2 is 2.10 bits per heavy atom. The number of pyridine rings is 1. The fourth-order valence-electron chi connectivity index (χ4n) is 1.86. The van der Waals surface area contributed by atoms with Gasteiger partial charge in [-0.15, -0.1) is 11.3 Å². The van der Waals surface area contributed by atoms with E-state index in [4.69, 9.17) is 16.3 Å². The molecule has 6 heteroatoms. The summed E-state index contributed by atoms with van der Waals surface area (Å²) >= 11 is 7.52. The number of halogens is 1. The second-order valence-electron chi connectivity index (χ2n) is 4.22. The number of thiazole rings is 1. The smallest absolute Gasteiger partial charge is 0.187 e. The molecule has 21 heavy (non-hydrogen) atoms. The zero-order chi connectivity index (χ0) is 14.7. The van der Waals surface area contributed by atoms with Crippen LogP contribution in [0.1, 0.15) is 0 Å². The first-order valence-corrected chi connectivity index (χ1v) is 7.49. The van der Waals surface area contributed by atoms with E-state index in [0.29, 0.717) is 10.8 Å². The summed E-state index contributed by atoms with van der Waals surface area (Å²) in [6, 6.07) is 11.2. The highest BCUT2D eigenvalue weighted by atomic mass is 35.5. The molecule has 0 aliphatic rings. The first-order valence-electron chi connectivity index (χ1n) is 6.24. The third-order valence-electron chi connectivity index (χ3n) is 2.83. The highest BCUT2D eigenvalue weighted by Crippen LogP contribution is 2.32. The van der Waals surface area contributed by atoms with Gasteiger partial charge in [0.15, 0.2) is 5.13 Å². The van der Waals surface area contributed by atoms with Gasteiger partial charge in [-0.1, -0.05) is 17.7 Å². The van der Waals surface area contributed by atoms with Crippen molar-refractivity contribution in [2.75, 3.05) is 12.4 Å². The molecule has 0 unspecified atom stereocenters. The lowest BCUT2D eigenvalue weighted by Gasteiger charge is -2.09. The number of hydrogen-bond donors (Lipinski definition) is 1. The van der Waals surface area contributed by atoms with Crippen molar-refractivity contribution in [1.82, 2.24) is 9.97 Å². The van der Waals surface area contributed by atoms with Crippen LogP contribution in [0.25, 0.3) is 11.4 Å². The van der Waals surface area contributed by atoms with Gasteiger partial charge in [-0.2, -0.15) is 0 Å². The Morgan fingerprint density at radius 3 is 2.86 bits per heavy atom. The molecule has 1 aromatic carbocycles. The van der Waals surface area contributed by atoms with Gasteiger partial charge in [0.05, 0.1) is 18.5 Å². The maximum Gasteiger partial charge on any atom is 0.187 e. The van der Waals surface area contributed by atoms with E-state index in [1.165, 1.54) is 11.3 Å². The van der Waals surface area contributed by atoms with Crippen LogP contribution in [0.4, 0.5) is 10.8 Å². The first kappa shape index (κ1) is 13.9. The number of benzene rings is 1. The molecule has 0 spiro atoms. The van der Waals surface area contributed by atoms with Gasteiger partial charge in [0.2, 0.25) is 0 Å². The summed E-state index contributed by atoms with van der Waals surface area (Å²) in [6.07, 6.45) is 1.75. The second kappa shape index (κ2) is 6.11. The van der Waals surface area contributed by atoms with Crippen molar-refractivity contribution in [3.8, 4) is 17.1 Å². The van der Waals surface area contributed by atoms with Gasteiger partial charge in [0.1, 0.15) is 11.4 Å². The van der Waals surface area contributed by atoms with Gasteiger partial charge in [-0.3, -0.25) is 4.98 Å². The maximum atomic E-state index is 6.02. The number of rotatable bonds is 4. The van der Waals surface area contributed by atoms with Crippen molar-refractivity contribution in [1.29, 1.82) is 0 Å². The van der Waals surface area contributed by atoms with Crippen LogP contribution in [0.5, 0.6) is 5.75 Å². The Kier molecular flexibility index (Phi) is 4.03. The van der Waals surface area contributed by atoms with Crippen molar-refractivity contribution in [2.24, 2.45) is 0 Å². The second-order valence-corrected chi connectivity index (χ2v) is 5.52. The highest BCUT2D eigenvalue weighted by molar-refractivity contribution is 7.14. The third-order valence-corrected chi connectivity index (χ3v) is 3.83. The van der Waals surface area contributed by atoms with Crippen molar-refractivity contribution in [3.05, 3.63) is 53.0 Å². The molecular formula is C15H12ClN3OS. The Bertz CT molecular complexity index is 746. The highest BCUT2D eigenvalue weighted by Gasteiger charge is 2.09. The molecule has 2 aromatic heterocycles. The van der Waals surface area contributed by atoms with Crippen molar-refractivity contribution >= 4 is 33.8 Å². The SMILES string of the molecule is COc1ccc(Cl)cc1Nc1nc(-c2ccccn2)cs1. The van der Waals surface area contributed by atoms with E-state index >= 15 is 0 Å². The molecule has 0 bridgehead atoms. The van der Waals surface area contributed by atoms with Gasteiger partial charge < -0.3 is 10.1 Å². The molecular weight excluding hydrogens is 306 g/mol. The predicted octanol–water partition coefficient (Wildman–Crippen LogP) is 4.61. The minimum atomic E-state index is 0.639. The topological polar surface area (TPSA) is 47.0 Å². The molecule has 3 rings (SSSR count). The molecule has 0 atom stereocenters. The number of methoxy groups -OCH3 is 1. The van der Waals surface area contributed by atoms with Gasteiger partial charge in [-0.25, -0.2) is 4.98 Å². The van der Waals surface area contributed by atoms with Gasteiger partial charge in [-0.05, 0) is 30.3 Å². The van der Waals surface area contributed by atoms with Gasteiger partial charge in [0.25, 0.3) is 0 Å². The quantitative estimate of drug-likeness (QED) is 0.763. The number of nitrogens with one attached hydrogen (secondary N) is 1. The molecule has 0 aliphatic carbocycles. The van der Waals surface area contributed by atoms with Crippen molar-refractivity contribution in [2.45, 2.75) is 0 Å². The van der Waals surface area contributed by atoms with Crippen LogP contribution in [0.2, 0.25) is 5.02 Å². The van der Waals surface area contributed by atoms with Crippen LogP contribution in [0.3, 0.4) is 0 Å². The average Bonchev–Trinajstić information content (AvgIpc) is 2.97. The average molecular weight is 318 g/mol. The first-order chi connectivity index (χ1) is 10.3. The van der Waals surface area contributed by atoms with E-state index in [1.54, 1.807) is 19.4 Å². The normalized spacial score (nSPS) is 10.4. The molecule has 106 valence electrons. The molecule has 0 amide bonds. The number of nitrogens with zero attached hydrogens (tertiary/aromatic N) is 2. The van der Waals surface area contributed by atoms with E-state index in [1.807, 2.05) is 35.7 Å². The van der Waals surface area contributed by atoms with Crippen LogP contribution in [-0.4, -0.2) is 17.1 Å². The lowest BCUT2D eigenvalue weighted by molar-refractivity contribution is 0.417. The summed E-state index contributed by atoms with van der Waals surface area (Å²) < 4.78 is 5.31. The Morgan fingerprint density at radius 1 is 1.19 bits per heavy atom. The summed E-state index contributed by atoms with van der Waals surface area (Å²) in [5.41, 5.74) is 2.47. The third kappa shape index (κ3) is 3.15. The van der Waals surface area contributed by atoms with E-state index in [2.05, 4.69) is 15.3 Å². The summed E-state index contributed by atoms with van der Waals surface area (Å²) in [6.45, 7) is 0. The van der Waals surface area contributed by atoms with Gasteiger partial charge >= 0.3 is 0 Å². The van der Waals surface area contributed by atoms with Crippen molar-refractivity contribution in [3.63, 3.8) is 0 Å². The van der Waals surface area contributed by atoms with Gasteiger partial charge in [0, 0.05) is 16.6 Å². The minimum Gasteiger partial charge on any atom is -0.495 e. The van der Waals surface area contributed by atoms with Crippen LogP contribution in [-0.2, 0) is 0 Å². The zero-order valence-electron chi connectivity index (χ0n) is 11.2. The van der Waals surface area contributed by atoms with Crippen molar-refractivity contribution < 1.29 is 4.74 Å². The van der Waals surface area contributed by atoms with Crippen LogP contribution in [0, 0.1) is 0 Å². The summed E-state index contributed by atoms with van der Waals surface area (Å²) in [4.78, 5) is 8.81. The minimum absolute atomic E-state index is 0.639. The van der Waals surface area contributed by atoms with Crippen LogP contribution < -0.4 is 10.1 Å². The Balaban J connectivity index is 1.87. The standard InChI is InChI=1S/C15H12ClN3OS/c1-20-14-6-5-10(16)8-12(14)18-15-19-13(9-21-15)11-4-2-3-7-17-11/h2-9H,1H3,(H,18,19). The lowest BCUT2D eigenvalue weighted by atomic mass is 10.3. The Hall–Kier alpha value is -2.11. The molecule has 1 N–H and O–H groups in total. The summed E-state index contributed by atoms with van der Waals surface area (Å²) in [5.74, 6) is 0.717. The predicted molar refractivity (Wildman–Crippen MR) is 86.6 cm³/mol. The molecule has 0 saturated heterocycles. The number of aromatic nitrogens is 2. The number of ether oxygens (including phenoxy) is 1. The molecule has 0 saturated carbocycles.